The molecule has 1 fully saturated rings. The van der Waals surface area contributed by atoms with Gasteiger partial charge in [0.1, 0.15) is 0 Å². The molecule has 3 nitrogen and oxygen atoms in total. The lowest BCUT2D eigenvalue weighted by Gasteiger charge is -2.33. The number of nitrogens with one attached hydrogen (secondary N) is 1. The van der Waals surface area contributed by atoms with E-state index in [4.69, 9.17) is 5.11 Å². The van der Waals surface area contributed by atoms with Crippen LogP contribution in [-0.4, -0.2) is 49.3 Å². The molecule has 0 aromatic rings. The van der Waals surface area contributed by atoms with Crippen molar-refractivity contribution < 1.29 is 5.11 Å². The second kappa shape index (κ2) is 5.58. The van der Waals surface area contributed by atoms with Crippen LogP contribution in [0.5, 0.6) is 0 Å². The van der Waals surface area contributed by atoms with E-state index >= 15 is 0 Å². The first-order valence-corrected chi connectivity index (χ1v) is 5.26. The first-order chi connectivity index (χ1) is 6.26. The predicted octanol–water partition coefficient (Wildman–Crippen LogP) is 0.299. The van der Waals surface area contributed by atoms with Gasteiger partial charge in [-0.25, -0.2) is 0 Å². The van der Waals surface area contributed by atoms with Crippen LogP contribution in [-0.2, 0) is 0 Å². The fraction of sp³-hybridized carbons (Fsp3) is 1.00. The van der Waals surface area contributed by atoms with Gasteiger partial charge in [0.05, 0.1) is 0 Å². The number of hydrogen-bond acceptors (Lipinski definition) is 3. The highest BCUT2D eigenvalue weighted by Crippen LogP contribution is 2.11. The van der Waals surface area contributed by atoms with Crippen molar-refractivity contribution >= 4 is 0 Å². The molecule has 0 aliphatic carbocycles. The summed E-state index contributed by atoms with van der Waals surface area (Å²) >= 11 is 0. The quantitative estimate of drug-likeness (QED) is 0.663. The van der Waals surface area contributed by atoms with Crippen molar-refractivity contribution in [2.24, 2.45) is 5.92 Å². The smallest absolute Gasteiger partial charge is 0.0468 e. The highest BCUT2D eigenvalue weighted by atomic mass is 16.3. The van der Waals surface area contributed by atoms with Crippen molar-refractivity contribution in [1.29, 1.82) is 0 Å². The van der Waals surface area contributed by atoms with Crippen molar-refractivity contribution in [1.82, 2.24) is 10.2 Å². The minimum Gasteiger partial charge on any atom is -0.396 e. The van der Waals surface area contributed by atoms with Crippen LogP contribution in [0.2, 0.25) is 0 Å². The summed E-state index contributed by atoms with van der Waals surface area (Å²) in [5.74, 6) is 0.413. The third-order valence-corrected chi connectivity index (χ3v) is 2.80. The molecule has 3 heteroatoms. The van der Waals surface area contributed by atoms with Crippen LogP contribution >= 0.6 is 0 Å². The molecule has 0 spiro atoms. The molecule has 0 aromatic heterocycles. The van der Waals surface area contributed by atoms with Crippen molar-refractivity contribution in [3.8, 4) is 0 Å². The minimum atomic E-state index is 0.306. The SMILES string of the molecule is CNC1CCCN(CC(C)CO)C1. The van der Waals surface area contributed by atoms with Crippen LogP contribution in [0.25, 0.3) is 0 Å². The van der Waals surface area contributed by atoms with Crippen LogP contribution < -0.4 is 5.32 Å². The van der Waals surface area contributed by atoms with Gasteiger partial charge in [0.25, 0.3) is 0 Å². The average Bonchev–Trinajstić information content (AvgIpc) is 2.18. The molecule has 1 saturated heterocycles. The van der Waals surface area contributed by atoms with E-state index in [-0.39, 0.29) is 0 Å². The lowest BCUT2D eigenvalue weighted by atomic mass is 10.0. The Morgan fingerprint density at radius 2 is 2.38 bits per heavy atom. The zero-order valence-corrected chi connectivity index (χ0v) is 8.79. The van der Waals surface area contributed by atoms with Gasteiger partial charge >= 0.3 is 0 Å². The van der Waals surface area contributed by atoms with E-state index < -0.39 is 0 Å². The van der Waals surface area contributed by atoms with Crippen LogP contribution in [0.15, 0.2) is 0 Å². The summed E-state index contributed by atoms with van der Waals surface area (Å²) in [4.78, 5) is 2.45. The molecule has 1 aliphatic rings. The number of likely N-dealkylation sites (tertiary alicyclic amines) is 1. The monoisotopic (exact) mass is 186 g/mol. The molecule has 1 heterocycles. The molecule has 0 amide bonds. The lowest BCUT2D eigenvalue weighted by Crippen LogP contribution is -2.46. The van der Waals surface area contributed by atoms with Crippen LogP contribution in [0.1, 0.15) is 19.8 Å². The largest absolute Gasteiger partial charge is 0.396 e. The number of rotatable bonds is 4. The Morgan fingerprint density at radius 1 is 1.62 bits per heavy atom. The molecule has 13 heavy (non-hydrogen) atoms. The van der Waals surface area contributed by atoms with E-state index in [1.807, 2.05) is 7.05 Å². The number of piperidine rings is 1. The highest BCUT2D eigenvalue weighted by Gasteiger charge is 2.19. The molecule has 0 radical (unpaired) electrons. The van der Waals surface area contributed by atoms with Crippen LogP contribution in [0, 0.1) is 5.92 Å². The molecule has 0 bridgehead atoms. The first-order valence-electron chi connectivity index (χ1n) is 5.26. The Kier molecular flexibility index (Phi) is 4.70. The third kappa shape index (κ3) is 3.63. The lowest BCUT2D eigenvalue weighted by molar-refractivity contribution is 0.140. The number of hydrogen-bond donors (Lipinski definition) is 2. The summed E-state index contributed by atoms with van der Waals surface area (Å²) in [7, 11) is 2.03. The molecule has 2 unspecified atom stereocenters. The summed E-state index contributed by atoms with van der Waals surface area (Å²) in [6, 6.07) is 0.652. The van der Waals surface area contributed by atoms with Crippen molar-refractivity contribution in [2.45, 2.75) is 25.8 Å². The second-order valence-electron chi connectivity index (χ2n) is 4.18. The fourth-order valence-corrected chi connectivity index (χ4v) is 1.96. The van der Waals surface area contributed by atoms with E-state index in [9.17, 15) is 0 Å². The molecule has 2 N–H and O–H groups in total. The molecule has 1 rings (SSSR count). The highest BCUT2D eigenvalue weighted by molar-refractivity contribution is 4.77. The number of aliphatic hydroxyl groups is 1. The number of aliphatic hydroxyl groups excluding tert-OH is 1. The molecule has 1 aliphatic heterocycles. The molecule has 2 atom stereocenters. The normalized spacial score (nSPS) is 27.5. The number of likely N-dealkylation sites (N-methyl/N-ethyl adjacent to an activating group) is 1. The maximum absolute atomic E-state index is 8.95. The topological polar surface area (TPSA) is 35.5 Å². The maximum Gasteiger partial charge on any atom is 0.0468 e. The maximum atomic E-state index is 8.95. The summed E-state index contributed by atoms with van der Waals surface area (Å²) in [5, 5.41) is 12.3. The second-order valence-corrected chi connectivity index (χ2v) is 4.18. The zero-order chi connectivity index (χ0) is 9.68. The van der Waals surface area contributed by atoms with Crippen molar-refractivity contribution in [3.63, 3.8) is 0 Å². The summed E-state index contributed by atoms with van der Waals surface area (Å²) in [5.41, 5.74) is 0. The van der Waals surface area contributed by atoms with Gasteiger partial charge in [-0.1, -0.05) is 6.92 Å². The fourth-order valence-electron chi connectivity index (χ4n) is 1.96. The molecule has 0 saturated carbocycles. The van der Waals surface area contributed by atoms with E-state index in [0.717, 1.165) is 13.1 Å². The molecular formula is C10H22N2O. The van der Waals surface area contributed by atoms with Gasteiger partial charge in [0.2, 0.25) is 0 Å². The van der Waals surface area contributed by atoms with Crippen LogP contribution in [0.3, 0.4) is 0 Å². The van der Waals surface area contributed by atoms with Gasteiger partial charge in [-0.15, -0.1) is 0 Å². The van der Waals surface area contributed by atoms with Crippen LogP contribution in [0.4, 0.5) is 0 Å². The standard InChI is InChI=1S/C10H22N2O/c1-9(8-13)6-12-5-3-4-10(7-12)11-2/h9-11,13H,3-8H2,1-2H3. The Morgan fingerprint density at radius 3 is 3.00 bits per heavy atom. The predicted molar refractivity (Wildman–Crippen MR) is 54.8 cm³/mol. The van der Waals surface area contributed by atoms with Gasteiger partial charge in [0, 0.05) is 25.7 Å². The van der Waals surface area contributed by atoms with E-state index in [1.54, 1.807) is 0 Å². The van der Waals surface area contributed by atoms with Gasteiger partial charge in [-0.05, 0) is 32.4 Å². The number of nitrogens with zero attached hydrogens (tertiary/aromatic N) is 1. The zero-order valence-electron chi connectivity index (χ0n) is 8.79. The molecule has 0 aromatic carbocycles. The van der Waals surface area contributed by atoms with E-state index in [0.29, 0.717) is 18.6 Å². The first kappa shape index (κ1) is 11.0. The average molecular weight is 186 g/mol. The van der Waals surface area contributed by atoms with Crippen molar-refractivity contribution in [3.05, 3.63) is 0 Å². The van der Waals surface area contributed by atoms with Gasteiger partial charge < -0.3 is 15.3 Å². The Labute approximate surface area is 81.1 Å². The third-order valence-electron chi connectivity index (χ3n) is 2.80. The Bertz CT molecular complexity index is 139. The Balaban J connectivity index is 2.25. The molecular weight excluding hydrogens is 164 g/mol. The molecule has 78 valence electrons. The van der Waals surface area contributed by atoms with E-state index in [2.05, 4.69) is 17.1 Å². The Hall–Kier alpha value is -0.120. The van der Waals surface area contributed by atoms with E-state index in [1.165, 1.54) is 19.4 Å². The van der Waals surface area contributed by atoms with Gasteiger partial charge in [-0.2, -0.15) is 0 Å². The summed E-state index contributed by atoms with van der Waals surface area (Å²) in [6.07, 6.45) is 2.57. The van der Waals surface area contributed by atoms with Crippen molar-refractivity contribution in [2.75, 3.05) is 33.3 Å². The summed E-state index contributed by atoms with van der Waals surface area (Å²) < 4.78 is 0. The van der Waals surface area contributed by atoms with Gasteiger partial charge in [0.15, 0.2) is 0 Å². The van der Waals surface area contributed by atoms with Gasteiger partial charge in [-0.3, -0.25) is 0 Å². The summed E-state index contributed by atoms with van der Waals surface area (Å²) in [6.45, 7) is 5.78. The minimum absolute atomic E-state index is 0.306.